The second-order valence-corrected chi connectivity index (χ2v) is 24.5. The van der Waals surface area contributed by atoms with Crippen molar-refractivity contribution >= 4 is 13.7 Å². The molecule has 0 fully saturated rings. The van der Waals surface area contributed by atoms with E-state index in [1.807, 2.05) is 27.2 Å². The topological polar surface area (TPSA) is 108 Å². The summed E-state index contributed by atoms with van der Waals surface area (Å²) in [5.74, 6) is -0.190. The molecule has 424 valence electrons. The number of allylic oxidation sites excluding steroid dienone is 1. The van der Waals surface area contributed by atoms with Gasteiger partial charge in [0.25, 0.3) is 7.82 Å². The molecule has 71 heavy (non-hydrogen) atoms. The summed E-state index contributed by atoms with van der Waals surface area (Å²) in [5.41, 5.74) is 0. The van der Waals surface area contributed by atoms with Crippen LogP contribution in [-0.4, -0.2) is 68.5 Å². The van der Waals surface area contributed by atoms with E-state index >= 15 is 0 Å². The molecule has 0 bridgehead atoms. The van der Waals surface area contributed by atoms with E-state index in [1.54, 1.807) is 6.08 Å². The number of likely N-dealkylation sites (N-methyl/N-ethyl adjacent to an activating group) is 1. The van der Waals surface area contributed by atoms with Gasteiger partial charge < -0.3 is 28.8 Å². The van der Waals surface area contributed by atoms with Crippen molar-refractivity contribution in [3.63, 3.8) is 0 Å². The van der Waals surface area contributed by atoms with Crippen LogP contribution in [0.1, 0.15) is 328 Å². The van der Waals surface area contributed by atoms with Crippen LogP contribution in [0.4, 0.5) is 0 Å². The smallest absolute Gasteiger partial charge is 0.268 e. The minimum atomic E-state index is -4.59. The zero-order valence-corrected chi connectivity index (χ0v) is 49.4. The van der Waals surface area contributed by atoms with Gasteiger partial charge in [0.15, 0.2) is 0 Å². The molecule has 0 aromatic carbocycles. The minimum Gasteiger partial charge on any atom is -0.756 e. The first kappa shape index (κ1) is 70.2. The summed E-state index contributed by atoms with van der Waals surface area (Å²) in [6.45, 7) is 4.69. The number of nitrogens with zero attached hydrogens (tertiary/aromatic N) is 1. The Kier molecular flexibility index (Phi) is 53.5. The number of phosphoric acid groups is 1. The molecule has 0 rings (SSSR count). The summed E-state index contributed by atoms with van der Waals surface area (Å²) in [4.78, 5) is 25.5. The summed E-state index contributed by atoms with van der Waals surface area (Å²) in [6.07, 6.45) is 67.6. The molecule has 1 amide bonds. The highest BCUT2D eigenvalue weighted by Gasteiger charge is 2.23. The molecule has 2 N–H and O–H groups in total. The van der Waals surface area contributed by atoms with E-state index in [0.717, 1.165) is 38.5 Å². The van der Waals surface area contributed by atoms with Crippen molar-refractivity contribution < 1.29 is 32.9 Å². The fourth-order valence-corrected chi connectivity index (χ4v) is 10.5. The van der Waals surface area contributed by atoms with E-state index in [9.17, 15) is 19.4 Å². The molecule has 0 aromatic rings. The molecule has 0 aliphatic rings. The van der Waals surface area contributed by atoms with Gasteiger partial charge in [0.2, 0.25) is 5.91 Å². The zero-order valence-electron chi connectivity index (χ0n) is 48.5. The third-order valence-electron chi connectivity index (χ3n) is 14.7. The maximum absolute atomic E-state index is 13.0. The summed E-state index contributed by atoms with van der Waals surface area (Å²) < 4.78 is 23.3. The van der Waals surface area contributed by atoms with E-state index < -0.39 is 20.0 Å². The molecule has 0 aromatic heterocycles. The molecular weight excluding hydrogens is 900 g/mol. The first-order chi connectivity index (χ1) is 34.5. The number of hydrogen-bond donors (Lipinski definition) is 2. The van der Waals surface area contributed by atoms with E-state index in [0.29, 0.717) is 17.4 Å². The van der Waals surface area contributed by atoms with Crippen molar-refractivity contribution in [1.29, 1.82) is 0 Å². The Labute approximate surface area is 443 Å². The van der Waals surface area contributed by atoms with Crippen LogP contribution in [-0.2, 0) is 18.4 Å². The number of aliphatic hydroxyl groups is 1. The van der Waals surface area contributed by atoms with Gasteiger partial charge in [0.05, 0.1) is 39.9 Å². The van der Waals surface area contributed by atoms with Gasteiger partial charge in [-0.05, 0) is 19.3 Å². The highest BCUT2D eigenvalue weighted by atomic mass is 31.2. The molecule has 3 atom stereocenters. The number of phosphoric ester groups is 1. The number of aliphatic hydroxyl groups excluding tert-OH is 1. The second kappa shape index (κ2) is 54.0. The van der Waals surface area contributed by atoms with Crippen molar-refractivity contribution in [2.45, 2.75) is 341 Å². The Hall–Kier alpha value is -0.760. The molecule has 0 radical (unpaired) electrons. The third kappa shape index (κ3) is 56.8. The number of quaternary nitrogens is 1. The highest BCUT2D eigenvalue weighted by molar-refractivity contribution is 7.45. The van der Waals surface area contributed by atoms with Gasteiger partial charge in [-0.1, -0.05) is 315 Å². The quantitative estimate of drug-likeness (QED) is 0.0272. The van der Waals surface area contributed by atoms with Crippen LogP contribution < -0.4 is 10.2 Å². The maximum Gasteiger partial charge on any atom is 0.268 e. The average molecular weight is 1030 g/mol. The van der Waals surface area contributed by atoms with E-state index in [-0.39, 0.29) is 19.1 Å². The van der Waals surface area contributed by atoms with Crippen LogP contribution in [0.15, 0.2) is 12.2 Å². The Balaban J connectivity index is 3.87. The number of rotatable bonds is 59. The molecule has 0 saturated heterocycles. The van der Waals surface area contributed by atoms with Gasteiger partial charge in [-0.15, -0.1) is 0 Å². The first-order valence-corrected chi connectivity index (χ1v) is 33.0. The van der Waals surface area contributed by atoms with Crippen molar-refractivity contribution in [2.24, 2.45) is 0 Å². The fraction of sp³-hybridized carbons (Fsp3) is 0.952. The van der Waals surface area contributed by atoms with Crippen LogP contribution in [0, 0.1) is 0 Å². The number of hydrogen-bond acceptors (Lipinski definition) is 6. The number of unbranched alkanes of at least 4 members (excludes halogenated alkanes) is 46. The molecule has 0 aliphatic carbocycles. The van der Waals surface area contributed by atoms with Crippen LogP contribution in [0.3, 0.4) is 0 Å². The van der Waals surface area contributed by atoms with Gasteiger partial charge in [-0.2, -0.15) is 0 Å². The Morgan fingerprint density at radius 2 is 0.761 bits per heavy atom. The third-order valence-corrected chi connectivity index (χ3v) is 15.7. The zero-order chi connectivity index (χ0) is 52.0. The predicted molar refractivity (Wildman–Crippen MR) is 307 cm³/mol. The van der Waals surface area contributed by atoms with E-state index in [2.05, 4.69) is 19.2 Å². The van der Waals surface area contributed by atoms with Gasteiger partial charge in [0, 0.05) is 6.42 Å². The number of amides is 1. The van der Waals surface area contributed by atoms with Gasteiger partial charge in [-0.25, -0.2) is 0 Å². The Morgan fingerprint density at radius 1 is 0.479 bits per heavy atom. The van der Waals surface area contributed by atoms with Crippen molar-refractivity contribution in [3.8, 4) is 0 Å². The molecule has 8 nitrogen and oxygen atoms in total. The van der Waals surface area contributed by atoms with Gasteiger partial charge >= 0.3 is 0 Å². The lowest BCUT2D eigenvalue weighted by Crippen LogP contribution is -2.45. The molecular formula is C62H125N2O6P. The molecule has 0 heterocycles. The van der Waals surface area contributed by atoms with Crippen molar-refractivity contribution in [1.82, 2.24) is 5.32 Å². The molecule has 0 spiro atoms. The van der Waals surface area contributed by atoms with Crippen LogP contribution in [0.2, 0.25) is 0 Å². The largest absolute Gasteiger partial charge is 0.756 e. The maximum atomic E-state index is 13.0. The van der Waals surface area contributed by atoms with Crippen LogP contribution in [0.25, 0.3) is 0 Å². The predicted octanol–water partition coefficient (Wildman–Crippen LogP) is 18.8. The highest BCUT2D eigenvalue weighted by Crippen LogP contribution is 2.38. The van der Waals surface area contributed by atoms with Gasteiger partial charge in [0.1, 0.15) is 13.2 Å². The van der Waals surface area contributed by atoms with Crippen molar-refractivity contribution in [3.05, 3.63) is 12.2 Å². The molecule has 0 saturated carbocycles. The summed E-state index contributed by atoms with van der Waals surface area (Å²) >= 11 is 0. The summed E-state index contributed by atoms with van der Waals surface area (Å²) in [7, 11) is 1.28. The molecule has 9 heteroatoms. The van der Waals surface area contributed by atoms with E-state index in [4.69, 9.17) is 9.05 Å². The SMILES string of the molecule is CCCCCCCCCCCCC/C=C/C(O)C(COP(=O)([O-])OCC[N+](C)(C)C)NC(=O)CCCCCCCCCCCCCCCCCCCCCCCCCCCCCCCCCCCCCC. The van der Waals surface area contributed by atoms with E-state index in [1.165, 1.54) is 270 Å². The minimum absolute atomic E-state index is 0.00246. The lowest BCUT2D eigenvalue weighted by molar-refractivity contribution is -0.870. The normalized spacial score (nSPS) is 13.8. The average Bonchev–Trinajstić information content (AvgIpc) is 3.33. The Bertz CT molecular complexity index is 1160. The lowest BCUT2D eigenvalue weighted by atomic mass is 10.0. The fourth-order valence-electron chi connectivity index (χ4n) is 9.81. The number of carbonyl (C=O) groups excluding carboxylic acids is 1. The van der Waals surface area contributed by atoms with Gasteiger partial charge in [-0.3, -0.25) is 9.36 Å². The van der Waals surface area contributed by atoms with Crippen molar-refractivity contribution in [2.75, 3.05) is 40.9 Å². The lowest BCUT2D eigenvalue weighted by Gasteiger charge is -2.29. The van der Waals surface area contributed by atoms with Crippen LogP contribution in [0.5, 0.6) is 0 Å². The monoisotopic (exact) mass is 1020 g/mol. The molecule has 0 aliphatic heterocycles. The molecule has 3 unspecified atom stereocenters. The number of nitrogens with one attached hydrogen (secondary N) is 1. The van der Waals surface area contributed by atoms with Crippen LogP contribution >= 0.6 is 7.82 Å². The standard InChI is InChI=1S/C62H125N2O6P/c1-6-8-10-12-14-16-18-20-21-22-23-24-25-26-27-28-29-30-31-32-33-34-35-36-37-38-39-40-41-42-44-46-48-50-52-54-56-62(66)63-60(59-70-71(67,68)69-58-57-64(3,4)5)61(65)55-53-51-49-47-45-43-19-17-15-13-11-9-7-2/h53,55,60-61,65H,6-52,54,56-59H2,1-5H3,(H-,63,66,67,68)/b55-53+. The summed E-state index contributed by atoms with van der Waals surface area (Å²) in [6, 6.07) is -0.881. The second-order valence-electron chi connectivity index (χ2n) is 23.1. The first-order valence-electron chi connectivity index (χ1n) is 31.6. The summed E-state index contributed by atoms with van der Waals surface area (Å²) in [5, 5.41) is 13.9. The number of carbonyl (C=O) groups is 1. The Morgan fingerprint density at radius 3 is 1.06 bits per heavy atom.